The first-order valence-electron chi connectivity index (χ1n) is 10.5. The van der Waals surface area contributed by atoms with E-state index in [2.05, 4.69) is 16.3 Å². The molecule has 0 bridgehead atoms. The summed E-state index contributed by atoms with van der Waals surface area (Å²) >= 11 is 0. The summed E-state index contributed by atoms with van der Waals surface area (Å²) in [5.41, 5.74) is 5.54. The number of piperidine rings is 1. The molecular formula is C23H29N5O3. The fourth-order valence-electron chi connectivity index (χ4n) is 4.38. The summed E-state index contributed by atoms with van der Waals surface area (Å²) in [5, 5.41) is 7.84. The molecule has 3 aromatic rings. The molecule has 164 valence electrons. The van der Waals surface area contributed by atoms with Crippen molar-refractivity contribution in [2.45, 2.75) is 39.7 Å². The van der Waals surface area contributed by atoms with E-state index in [1.807, 2.05) is 36.6 Å². The van der Waals surface area contributed by atoms with Gasteiger partial charge in [-0.3, -0.25) is 4.79 Å². The number of methoxy groups -OCH3 is 2. The Hall–Kier alpha value is -3.29. The van der Waals surface area contributed by atoms with Crippen molar-refractivity contribution in [2.75, 3.05) is 32.2 Å². The van der Waals surface area contributed by atoms with E-state index in [-0.39, 0.29) is 11.9 Å². The highest BCUT2D eigenvalue weighted by Gasteiger charge is 2.25. The molecular weight excluding hydrogens is 394 g/mol. The van der Waals surface area contributed by atoms with Crippen LogP contribution in [0.1, 0.15) is 31.2 Å². The van der Waals surface area contributed by atoms with Crippen LogP contribution in [0.25, 0.3) is 16.9 Å². The Morgan fingerprint density at radius 1 is 1.16 bits per heavy atom. The van der Waals surface area contributed by atoms with Crippen LogP contribution in [0.2, 0.25) is 0 Å². The third kappa shape index (κ3) is 4.02. The van der Waals surface area contributed by atoms with Crippen molar-refractivity contribution in [1.82, 2.24) is 19.9 Å². The smallest absolute Gasteiger partial charge is 0.217 e. The minimum atomic E-state index is 0.00954. The van der Waals surface area contributed by atoms with Gasteiger partial charge < -0.3 is 19.7 Å². The zero-order valence-corrected chi connectivity index (χ0v) is 18.7. The van der Waals surface area contributed by atoms with E-state index in [0.717, 1.165) is 59.9 Å². The fraction of sp³-hybridized carbons (Fsp3) is 0.435. The average Bonchev–Trinajstić information content (AvgIpc) is 3.07. The number of nitrogens with one attached hydrogen (secondary N) is 1. The number of carbonyl (C=O) groups is 1. The molecule has 0 radical (unpaired) electrons. The van der Waals surface area contributed by atoms with Gasteiger partial charge in [-0.05, 0) is 51.0 Å². The summed E-state index contributed by atoms with van der Waals surface area (Å²) in [6.45, 7) is 7.24. The number of fused-ring (bicyclic) bond motifs is 1. The fourth-order valence-corrected chi connectivity index (χ4v) is 4.38. The van der Waals surface area contributed by atoms with Crippen molar-refractivity contribution < 1.29 is 14.3 Å². The van der Waals surface area contributed by atoms with Crippen LogP contribution in [0, 0.1) is 13.8 Å². The third-order valence-electron chi connectivity index (χ3n) is 5.69. The quantitative estimate of drug-likeness (QED) is 0.679. The second-order valence-electron chi connectivity index (χ2n) is 8.01. The molecule has 1 saturated heterocycles. The highest BCUT2D eigenvalue weighted by atomic mass is 16.5. The highest BCUT2D eigenvalue weighted by molar-refractivity contribution is 5.77. The second kappa shape index (κ2) is 8.45. The molecule has 1 unspecified atom stereocenters. The van der Waals surface area contributed by atoms with Crippen molar-refractivity contribution in [1.29, 1.82) is 0 Å². The van der Waals surface area contributed by atoms with Gasteiger partial charge in [0.15, 0.2) is 17.1 Å². The van der Waals surface area contributed by atoms with E-state index in [1.165, 1.54) is 0 Å². The summed E-state index contributed by atoms with van der Waals surface area (Å²) in [6.07, 6.45) is 2.00. The normalized spacial score (nSPS) is 16.4. The summed E-state index contributed by atoms with van der Waals surface area (Å²) in [5.74, 6) is 1.35. The summed E-state index contributed by atoms with van der Waals surface area (Å²) < 4.78 is 12.8. The van der Waals surface area contributed by atoms with Gasteiger partial charge in [-0.25, -0.2) is 9.50 Å². The number of carbonyl (C=O) groups excluding carboxylic acids is 1. The van der Waals surface area contributed by atoms with Crippen LogP contribution in [-0.2, 0) is 4.79 Å². The van der Waals surface area contributed by atoms with Gasteiger partial charge in [0.2, 0.25) is 5.91 Å². The maximum absolute atomic E-state index is 11.5. The maximum Gasteiger partial charge on any atom is 0.217 e. The van der Waals surface area contributed by atoms with Gasteiger partial charge in [0.05, 0.1) is 37.0 Å². The van der Waals surface area contributed by atoms with Crippen molar-refractivity contribution in [3.63, 3.8) is 0 Å². The van der Waals surface area contributed by atoms with Crippen molar-refractivity contribution in [3.05, 3.63) is 35.7 Å². The SMILES string of the molecule is COc1ccc(-c2c(C)nc3c(N4CCCC(NC(C)=O)C4)cc(C)nn23)cc1OC. The van der Waals surface area contributed by atoms with E-state index >= 15 is 0 Å². The van der Waals surface area contributed by atoms with Crippen LogP contribution in [0.15, 0.2) is 24.3 Å². The third-order valence-corrected chi connectivity index (χ3v) is 5.69. The lowest BCUT2D eigenvalue weighted by Crippen LogP contribution is -2.47. The Labute approximate surface area is 182 Å². The monoisotopic (exact) mass is 423 g/mol. The first-order chi connectivity index (χ1) is 14.9. The number of benzene rings is 1. The van der Waals surface area contributed by atoms with E-state index < -0.39 is 0 Å². The van der Waals surface area contributed by atoms with Crippen LogP contribution in [0.5, 0.6) is 11.5 Å². The van der Waals surface area contributed by atoms with Crippen LogP contribution in [-0.4, -0.2) is 53.9 Å². The lowest BCUT2D eigenvalue weighted by Gasteiger charge is -2.34. The Kier molecular flexibility index (Phi) is 5.71. The molecule has 1 N–H and O–H groups in total. The molecule has 0 aliphatic carbocycles. The molecule has 1 aliphatic heterocycles. The number of anilines is 1. The molecule has 2 aromatic heterocycles. The van der Waals surface area contributed by atoms with Crippen LogP contribution in [0.4, 0.5) is 5.69 Å². The number of imidazole rings is 1. The first-order valence-corrected chi connectivity index (χ1v) is 10.5. The minimum absolute atomic E-state index is 0.00954. The summed E-state index contributed by atoms with van der Waals surface area (Å²) in [6, 6.07) is 8.06. The van der Waals surface area contributed by atoms with Gasteiger partial charge in [0, 0.05) is 31.6 Å². The zero-order valence-electron chi connectivity index (χ0n) is 18.7. The minimum Gasteiger partial charge on any atom is -0.493 e. The van der Waals surface area contributed by atoms with E-state index in [4.69, 9.17) is 19.6 Å². The molecule has 3 heterocycles. The molecule has 8 heteroatoms. The summed E-state index contributed by atoms with van der Waals surface area (Å²) in [7, 11) is 3.26. The number of nitrogens with zero attached hydrogens (tertiary/aromatic N) is 4. The number of ether oxygens (including phenoxy) is 2. The number of hydrogen-bond acceptors (Lipinski definition) is 6. The molecule has 8 nitrogen and oxygen atoms in total. The van der Waals surface area contributed by atoms with Crippen molar-refractivity contribution in [3.8, 4) is 22.8 Å². The van der Waals surface area contributed by atoms with Crippen molar-refractivity contribution >= 4 is 17.2 Å². The van der Waals surface area contributed by atoms with E-state index in [0.29, 0.717) is 11.5 Å². The molecule has 1 amide bonds. The van der Waals surface area contributed by atoms with Crippen LogP contribution in [0.3, 0.4) is 0 Å². The molecule has 1 aromatic carbocycles. The summed E-state index contributed by atoms with van der Waals surface area (Å²) in [4.78, 5) is 18.7. The molecule has 0 spiro atoms. The standard InChI is InChI=1S/C23H29N5O3/c1-14-11-19(27-10-6-7-18(13-27)25-16(3)29)23-24-15(2)22(28(23)26-14)17-8-9-20(30-4)21(12-17)31-5/h8-9,11-12,18H,6-7,10,13H2,1-5H3,(H,25,29). The molecule has 31 heavy (non-hydrogen) atoms. The Morgan fingerprint density at radius 3 is 2.65 bits per heavy atom. The van der Waals surface area contributed by atoms with E-state index in [1.54, 1.807) is 21.1 Å². The number of hydrogen-bond donors (Lipinski definition) is 1. The van der Waals surface area contributed by atoms with Gasteiger partial charge in [0.1, 0.15) is 0 Å². The van der Waals surface area contributed by atoms with E-state index in [9.17, 15) is 4.79 Å². The maximum atomic E-state index is 11.5. The molecule has 1 aliphatic rings. The second-order valence-corrected chi connectivity index (χ2v) is 8.01. The predicted octanol–water partition coefficient (Wildman–Crippen LogP) is 3.14. The Bertz CT molecular complexity index is 1120. The van der Waals surface area contributed by atoms with Gasteiger partial charge in [0.25, 0.3) is 0 Å². The van der Waals surface area contributed by atoms with Crippen LogP contribution >= 0.6 is 0 Å². The largest absolute Gasteiger partial charge is 0.493 e. The molecule has 1 atom stereocenters. The zero-order chi connectivity index (χ0) is 22.1. The molecule has 0 saturated carbocycles. The topological polar surface area (TPSA) is 81.0 Å². The number of aryl methyl sites for hydroxylation is 2. The Balaban J connectivity index is 1.80. The molecule has 4 rings (SSSR count). The van der Waals surface area contributed by atoms with Gasteiger partial charge in [-0.2, -0.15) is 5.10 Å². The lowest BCUT2D eigenvalue weighted by molar-refractivity contribution is -0.119. The van der Waals surface area contributed by atoms with Crippen molar-refractivity contribution in [2.24, 2.45) is 0 Å². The molecule has 1 fully saturated rings. The predicted molar refractivity (Wildman–Crippen MR) is 120 cm³/mol. The number of rotatable bonds is 5. The lowest BCUT2D eigenvalue weighted by atomic mass is 10.0. The highest BCUT2D eigenvalue weighted by Crippen LogP contribution is 2.35. The van der Waals surface area contributed by atoms with Gasteiger partial charge in [-0.15, -0.1) is 0 Å². The first kappa shape index (κ1) is 21.0. The Morgan fingerprint density at radius 2 is 1.94 bits per heavy atom. The average molecular weight is 424 g/mol. The van der Waals surface area contributed by atoms with Crippen LogP contribution < -0.4 is 19.7 Å². The van der Waals surface area contributed by atoms with Gasteiger partial charge >= 0.3 is 0 Å². The number of aromatic nitrogens is 3. The number of amides is 1. The van der Waals surface area contributed by atoms with Gasteiger partial charge in [-0.1, -0.05) is 0 Å².